The third kappa shape index (κ3) is 3.29. The maximum absolute atomic E-state index is 11.9. The fraction of sp³-hybridized carbons (Fsp3) is 0.571. The van der Waals surface area contributed by atoms with E-state index in [1.54, 1.807) is 0 Å². The first-order valence-electron chi connectivity index (χ1n) is 7.12. The van der Waals surface area contributed by atoms with E-state index in [1.807, 2.05) is 0 Å². The number of urea groups is 1. The smallest absolute Gasteiger partial charge is 0.335 e. The SMILES string of the molecule is C=CCN1C(=O)C(=O)N(CC(=O)NC2CCCCC2)C1=O. The highest BCUT2D eigenvalue weighted by Crippen LogP contribution is 2.17. The zero-order valence-corrected chi connectivity index (χ0v) is 11.8. The van der Waals surface area contributed by atoms with Gasteiger partial charge in [-0.05, 0) is 12.8 Å². The number of nitrogens with zero attached hydrogens (tertiary/aromatic N) is 2. The first-order valence-corrected chi connectivity index (χ1v) is 7.12. The summed E-state index contributed by atoms with van der Waals surface area (Å²) in [6.45, 7) is 2.98. The van der Waals surface area contributed by atoms with Gasteiger partial charge >= 0.3 is 17.8 Å². The molecule has 0 spiro atoms. The summed E-state index contributed by atoms with van der Waals surface area (Å²) >= 11 is 0. The molecule has 0 aromatic rings. The number of carbonyl (C=O) groups excluding carboxylic acids is 4. The molecule has 1 aliphatic carbocycles. The molecule has 0 unspecified atom stereocenters. The van der Waals surface area contributed by atoms with Gasteiger partial charge in [0.1, 0.15) is 6.54 Å². The number of carbonyl (C=O) groups is 4. The van der Waals surface area contributed by atoms with Gasteiger partial charge in [0, 0.05) is 12.6 Å². The highest BCUT2D eigenvalue weighted by Gasteiger charge is 2.44. The summed E-state index contributed by atoms with van der Waals surface area (Å²) in [5.74, 6) is -2.28. The molecule has 2 fully saturated rings. The van der Waals surface area contributed by atoms with E-state index in [4.69, 9.17) is 0 Å². The molecule has 1 aliphatic heterocycles. The predicted octanol–water partition coefficient (Wildman–Crippen LogP) is 0.412. The molecular weight excluding hydrogens is 274 g/mol. The van der Waals surface area contributed by atoms with Crippen molar-refractivity contribution in [2.75, 3.05) is 13.1 Å². The van der Waals surface area contributed by atoms with Crippen molar-refractivity contribution in [1.82, 2.24) is 15.1 Å². The molecule has 0 bridgehead atoms. The Morgan fingerprint density at radius 2 is 1.76 bits per heavy atom. The second-order valence-corrected chi connectivity index (χ2v) is 5.28. The normalized spacial score (nSPS) is 20.1. The van der Waals surface area contributed by atoms with Crippen LogP contribution in [0.2, 0.25) is 0 Å². The summed E-state index contributed by atoms with van der Waals surface area (Å²) in [4.78, 5) is 48.7. The van der Waals surface area contributed by atoms with Crippen LogP contribution in [0.3, 0.4) is 0 Å². The molecule has 21 heavy (non-hydrogen) atoms. The summed E-state index contributed by atoms with van der Waals surface area (Å²) in [6, 6.07) is -0.664. The number of hydrogen-bond acceptors (Lipinski definition) is 4. The van der Waals surface area contributed by atoms with E-state index in [1.165, 1.54) is 12.5 Å². The lowest BCUT2D eigenvalue weighted by Gasteiger charge is -2.23. The van der Waals surface area contributed by atoms with E-state index in [0.717, 1.165) is 30.6 Å². The summed E-state index contributed by atoms with van der Waals surface area (Å²) in [5, 5.41) is 2.81. The number of nitrogens with one attached hydrogen (secondary N) is 1. The van der Waals surface area contributed by atoms with E-state index >= 15 is 0 Å². The summed E-state index contributed by atoms with van der Waals surface area (Å²) in [6.07, 6.45) is 6.48. The Labute approximate surface area is 122 Å². The average Bonchev–Trinajstić information content (AvgIpc) is 2.66. The van der Waals surface area contributed by atoms with Gasteiger partial charge in [-0.25, -0.2) is 9.69 Å². The Balaban J connectivity index is 1.93. The van der Waals surface area contributed by atoms with E-state index in [-0.39, 0.29) is 12.6 Å². The molecule has 1 N–H and O–H groups in total. The molecule has 2 rings (SSSR count). The topological polar surface area (TPSA) is 86.8 Å². The molecule has 5 amide bonds. The highest BCUT2D eigenvalue weighted by molar-refractivity contribution is 6.45. The van der Waals surface area contributed by atoms with Crippen molar-refractivity contribution in [3.8, 4) is 0 Å². The van der Waals surface area contributed by atoms with Gasteiger partial charge in [-0.1, -0.05) is 25.3 Å². The van der Waals surface area contributed by atoms with Gasteiger partial charge in [-0.15, -0.1) is 6.58 Å². The average molecular weight is 293 g/mol. The molecule has 2 aliphatic rings. The lowest BCUT2D eigenvalue weighted by Crippen LogP contribution is -2.45. The van der Waals surface area contributed by atoms with Crippen LogP contribution in [0.5, 0.6) is 0 Å². The highest BCUT2D eigenvalue weighted by atomic mass is 16.2. The van der Waals surface area contributed by atoms with Crippen molar-refractivity contribution in [3.05, 3.63) is 12.7 Å². The molecule has 0 aromatic carbocycles. The lowest BCUT2D eigenvalue weighted by atomic mass is 9.95. The van der Waals surface area contributed by atoms with Crippen molar-refractivity contribution in [1.29, 1.82) is 0 Å². The summed E-state index contributed by atoms with van der Waals surface area (Å²) in [7, 11) is 0. The monoisotopic (exact) mass is 293 g/mol. The summed E-state index contributed by atoms with van der Waals surface area (Å²) < 4.78 is 0. The Kier molecular flexibility index (Phi) is 4.72. The van der Waals surface area contributed by atoms with Gasteiger partial charge in [0.15, 0.2) is 0 Å². The van der Waals surface area contributed by atoms with Gasteiger partial charge < -0.3 is 5.32 Å². The van der Waals surface area contributed by atoms with E-state index in [2.05, 4.69) is 11.9 Å². The van der Waals surface area contributed by atoms with Crippen LogP contribution in [-0.4, -0.2) is 52.7 Å². The lowest BCUT2D eigenvalue weighted by molar-refractivity contribution is -0.143. The van der Waals surface area contributed by atoms with Gasteiger partial charge in [-0.3, -0.25) is 19.3 Å². The number of rotatable bonds is 5. The maximum atomic E-state index is 11.9. The minimum absolute atomic E-state index is 0.0375. The standard InChI is InChI=1S/C14H19N3O4/c1-2-8-16-12(19)13(20)17(14(16)21)9-11(18)15-10-6-4-3-5-7-10/h2,10H,1,3-9H2,(H,15,18). The molecule has 1 saturated heterocycles. The number of amides is 5. The molecule has 0 atom stereocenters. The largest absolute Gasteiger partial charge is 0.352 e. The molecule has 114 valence electrons. The Morgan fingerprint density at radius 3 is 2.38 bits per heavy atom. The van der Waals surface area contributed by atoms with Crippen molar-refractivity contribution in [2.24, 2.45) is 0 Å². The second kappa shape index (κ2) is 6.51. The van der Waals surface area contributed by atoms with Crippen LogP contribution >= 0.6 is 0 Å². The Hall–Kier alpha value is -2.18. The second-order valence-electron chi connectivity index (χ2n) is 5.28. The zero-order valence-electron chi connectivity index (χ0n) is 11.8. The Bertz CT molecular complexity index is 483. The van der Waals surface area contributed by atoms with Crippen LogP contribution in [0, 0.1) is 0 Å². The first kappa shape index (κ1) is 15.2. The van der Waals surface area contributed by atoms with Gasteiger partial charge in [0.25, 0.3) is 0 Å². The van der Waals surface area contributed by atoms with Crippen LogP contribution in [0.15, 0.2) is 12.7 Å². The molecular formula is C14H19N3O4. The third-order valence-corrected chi connectivity index (χ3v) is 3.72. The fourth-order valence-corrected chi connectivity index (χ4v) is 2.64. The molecule has 1 saturated carbocycles. The first-order chi connectivity index (χ1) is 10.0. The Morgan fingerprint density at radius 1 is 1.14 bits per heavy atom. The minimum Gasteiger partial charge on any atom is -0.352 e. The molecule has 7 heteroatoms. The number of imide groups is 2. The maximum Gasteiger partial charge on any atom is 0.335 e. The molecule has 1 heterocycles. The van der Waals surface area contributed by atoms with Crippen molar-refractivity contribution in [2.45, 2.75) is 38.1 Å². The summed E-state index contributed by atoms with van der Waals surface area (Å²) in [5.41, 5.74) is 0. The third-order valence-electron chi connectivity index (χ3n) is 3.72. The molecule has 0 aromatic heterocycles. The number of hydrogen-bond donors (Lipinski definition) is 1. The van der Waals surface area contributed by atoms with Crippen LogP contribution in [0.4, 0.5) is 4.79 Å². The molecule has 0 radical (unpaired) electrons. The molecule has 7 nitrogen and oxygen atoms in total. The quantitative estimate of drug-likeness (QED) is 0.452. The zero-order chi connectivity index (χ0) is 15.4. The van der Waals surface area contributed by atoms with E-state index < -0.39 is 30.3 Å². The minimum atomic E-state index is -0.958. The fourth-order valence-electron chi connectivity index (χ4n) is 2.64. The van der Waals surface area contributed by atoms with Crippen LogP contribution in [0.25, 0.3) is 0 Å². The van der Waals surface area contributed by atoms with Crippen molar-refractivity contribution >= 4 is 23.8 Å². The van der Waals surface area contributed by atoms with Gasteiger partial charge in [-0.2, -0.15) is 0 Å². The van der Waals surface area contributed by atoms with E-state index in [0.29, 0.717) is 4.90 Å². The van der Waals surface area contributed by atoms with Crippen LogP contribution in [-0.2, 0) is 14.4 Å². The van der Waals surface area contributed by atoms with Crippen LogP contribution in [0.1, 0.15) is 32.1 Å². The van der Waals surface area contributed by atoms with Gasteiger partial charge in [0.05, 0.1) is 0 Å². The van der Waals surface area contributed by atoms with Crippen molar-refractivity contribution < 1.29 is 19.2 Å². The van der Waals surface area contributed by atoms with Crippen LogP contribution < -0.4 is 5.32 Å². The predicted molar refractivity (Wildman–Crippen MR) is 74.0 cm³/mol. The van der Waals surface area contributed by atoms with E-state index in [9.17, 15) is 19.2 Å². The van der Waals surface area contributed by atoms with Crippen molar-refractivity contribution in [3.63, 3.8) is 0 Å². The van der Waals surface area contributed by atoms with Gasteiger partial charge in [0.2, 0.25) is 5.91 Å².